The summed E-state index contributed by atoms with van der Waals surface area (Å²) < 4.78 is 7.51. The Balaban J connectivity index is 1.43. The fraction of sp³-hybridized carbons (Fsp3) is 0.280. The molecule has 1 aliphatic heterocycles. The van der Waals surface area contributed by atoms with Gasteiger partial charge in [-0.2, -0.15) is 5.10 Å². The maximum absolute atomic E-state index is 12.1. The zero-order valence-electron chi connectivity index (χ0n) is 18.0. The quantitative estimate of drug-likeness (QED) is 0.494. The lowest BCUT2D eigenvalue weighted by Crippen LogP contribution is -2.42. The third-order valence-electron chi connectivity index (χ3n) is 5.57. The van der Waals surface area contributed by atoms with Crippen LogP contribution in [0.3, 0.4) is 0 Å². The first-order valence-electron chi connectivity index (χ1n) is 10.6. The first kappa shape index (κ1) is 21.0. The van der Waals surface area contributed by atoms with Gasteiger partial charge < -0.3 is 9.30 Å². The Hall–Kier alpha value is -3.22. The first-order chi connectivity index (χ1) is 15.1. The van der Waals surface area contributed by atoms with Gasteiger partial charge in [-0.3, -0.25) is 9.69 Å². The second kappa shape index (κ2) is 9.73. The highest BCUT2D eigenvalue weighted by molar-refractivity contribution is 5.84. The number of carbonyl (C=O) groups is 1. The van der Waals surface area contributed by atoms with Crippen LogP contribution < -0.4 is 5.43 Å². The molecule has 0 bridgehead atoms. The second-order valence-corrected chi connectivity index (χ2v) is 7.76. The van der Waals surface area contributed by atoms with Crippen molar-refractivity contribution < 1.29 is 9.53 Å². The summed E-state index contributed by atoms with van der Waals surface area (Å²) >= 11 is 0. The molecular weight excluding hydrogens is 388 g/mol. The molecule has 0 unspecified atom stereocenters. The summed E-state index contributed by atoms with van der Waals surface area (Å²) in [6, 6.07) is 21.0. The van der Waals surface area contributed by atoms with Crippen molar-refractivity contribution in [1.82, 2.24) is 14.9 Å². The van der Waals surface area contributed by atoms with Crippen LogP contribution in [0.15, 0.2) is 65.8 Å². The number of aromatic nitrogens is 1. The predicted octanol–water partition coefficient (Wildman–Crippen LogP) is 3.54. The van der Waals surface area contributed by atoms with Crippen molar-refractivity contribution in [3.05, 3.63) is 77.6 Å². The first-order valence-corrected chi connectivity index (χ1v) is 10.6. The van der Waals surface area contributed by atoms with Crippen LogP contribution in [0.25, 0.3) is 16.8 Å². The molecule has 2 heterocycles. The molecule has 1 amide bonds. The molecule has 1 N–H and O–H groups in total. The number of amides is 1. The summed E-state index contributed by atoms with van der Waals surface area (Å²) in [5.41, 5.74) is 9.32. The Bertz CT molecular complexity index is 1050. The Morgan fingerprint density at radius 3 is 2.42 bits per heavy atom. The molecule has 1 aromatic heterocycles. The molecule has 31 heavy (non-hydrogen) atoms. The van der Waals surface area contributed by atoms with Crippen molar-refractivity contribution in [2.75, 3.05) is 32.8 Å². The summed E-state index contributed by atoms with van der Waals surface area (Å²) in [6.07, 6.45) is 1.72. The molecular formula is C25H28N4O2. The van der Waals surface area contributed by atoms with Crippen LogP contribution in [0.2, 0.25) is 0 Å². The van der Waals surface area contributed by atoms with E-state index in [1.807, 2.05) is 6.07 Å². The van der Waals surface area contributed by atoms with Crippen LogP contribution in [0.1, 0.15) is 17.0 Å². The van der Waals surface area contributed by atoms with Gasteiger partial charge >= 0.3 is 0 Å². The van der Waals surface area contributed by atoms with E-state index in [-0.39, 0.29) is 5.91 Å². The second-order valence-electron chi connectivity index (χ2n) is 7.76. The number of hydrazone groups is 1. The zero-order chi connectivity index (χ0) is 21.6. The van der Waals surface area contributed by atoms with E-state index in [4.69, 9.17) is 4.74 Å². The maximum atomic E-state index is 12.1. The summed E-state index contributed by atoms with van der Waals surface area (Å²) in [5.74, 6) is -0.108. The van der Waals surface area contributed by atoms with Crippen LogP contribution in [-0.2, 0) is 9.53 Å². The summed E-state index contributed by atoms with van der Waals surface area (Å²) in [4.78, 5) is 14.2. The smallest absolute Gasteiger partial charge is 0.254 e. The minimum atomic E-state index is -0.108. The van der Waals surface area contributed by atoms with E-state index in [9.17, 15) is 4.79 Å². The molecule has 0 radical (unpaired) electrons. The van der Waals surface area contributed by atoms with Crippen LogP contribution in [0.4, 0.5) is 0 Å². The number of hydrogen-bond donors (Lipinski definition) is 1. The van der Waals surface area contributed by atoms with Crippen molar-refractivity contribution in [1.29, 1.82) is 0 Å². The van der Waals surface area contributed by atoms with Gasteiger partial charge in [-0.05, 0) is 43.2 Å². The van der Waals surface area contributed by atoms with E-state index in [2.05, 4.69) is 88.4 Å². The van der Waals surface area contributed by atoms with E-state index in [0.717, 1.165) is 35.7 Å². The molecule has 160 valence electrons. The molecule has 1 saturated heterocycles. The number of morpholine rings is 1. The average molecular weight is 417 g/mol. The van der Waals surface area contributed by atoms with Gasteiger partial charge in [0.25, 0.3) is 5.91 Å². The molecule has 2 aromatic carbocycles. The van der Waals surface area contributed by atoms with Gasteiger partial charge in [0, 0.05) is 35.7 Å². The highest BCUT2D eigenvalue weighted by Crippen LogP contribution is 2.24. The third kappa shape index (κ3) is 5.10. The lowest BCUT2D eigenvalue weighted by molar-refractivity contribution is -0.123. The van der Waals surface area contributed by atoms with Crippen molar-refractivity contribution in [3.63, 3.8) is 0 Å². The minimum Gasteiger partial charge on any atom is -0.379 e. The molecule has 0 spiro atoms. The Morgan fingerprint density at radius 1 is 1.03 bits per heavy atom. The lowest BCUT2D eigenvalue weighted by atomic mass is 10.1. The largest absolute Gasteiger partial charge is 0.379 e. The Morgan fingerprint density at radius 2 is 1.71 bits per heavy atom. The maximum Gasteiger partial charge on any atom is 0.254 e. The van der Waals surface area contributed by atoms with E-state index in [1.54, 1.807) is 6.21 Å². The van der Waals surface area contributed by atoms with E-state index in [1.165, 1.54) is 11.1 Å². The summed E-state index contributed by atoms with van der Waals surface area (Å²) in [5, 5.41) is 4.17. The van der Waals surface area contributed by atoms with Crippen LogP contribution in [0, 0.1) is 13.8 Å². The third-order valence-corrected chi connectivity index (χ3v) is 5.57. The molecule has 4 rings (SSSR count). The summed E-state index contributed by atoms with van der Waals surface area (Å²) in [6.45, 7) is 7.39. The number of aryl methyl sites for hydroxylation is 1. The zero-order valence-corrected chi connectivity index (χ0v) is 18.0. The van der Waals surface area contributed by atoms with Crippen LogP contribution in [-0.4, -0.2) is 54.4 Å². The number of nitrogens with one attached hydrogen (secondary N) is 1. The number of carbonyl (C=O) groups excluding carboxylic acids is 1. The van der Waals surface area contributed by atoms with Crippen molar-refractivity contribution in [2.24, 2.45) is 5.10 Å². The number of benzene rings is 2. The monoisotopic (exact) mass is 416 g/mol. The molecule has 0 atom stereocenters. The predicted molar refractivity (Wildman–Crippen MR) is 124 cm³/mol. The van der Waals surface area contributed by atoms with Gasteiger partial charge in [0.05, 0.1) is 26.0 Å². The topological polar surface area (TPSA) is 58.9 Å². The van der Waals surface area contributed by atoms with Crippen LogP contribution in [0.5, 0.6) is 0 Å². The van der Waals surface area contributed by atoms with Crippen molar-refractivity contribution >= 4 is 12.1 Å². The molecule has 6 nitrogen and oxygen atoms in total. The molecule has 3 aromatic rings. The van der Waals surface area contributed by atoms with Gasteiger partial charge in [0.2, 0.25) is 0 Å². The van der Waals surface area contributed by atoms with E-state index < -0.39 is 0 Å². The molecule has 1 aliphatic rings. The number of ether oxygens (including phenoxy) is 1. The number of hydrogen-bond acceptors (Lipinski definition) is 4. The van der Waals surface area contributed by atoms with Gasteiger partial charge in [-0.1, -0.05) is 42.5 Å². The fourth-order valence-corrected chi connectivity index (χ4v) is 3.92. The molecule has 0 aliphatic carbocycles. The standard InChI is InChI=1S/C25H28N4O2/c1-19-16-23(17-26-27-25(30)18-28-12-14-31-15-13-28)20(2)29(19)24-10-8-22(9-11-24)21-6-4-3-5-7-21/h3-11,16-17H,12-15,18H2,1-2H3,(H,27,30)/b26-17+. The van der Waals surface area contributed by atoms with Crippen molar-refractivity contribution in [2.45, 2.75) is 13.8 Å². The lowest BCUT2D eigenvalue weighted by Gasteiger charge is -2.25. The van der Waals surface area contributed by atoms with E-state index in [0.29, 0.717) is 19.8 Å². The van der Waals surface area contributed by atoms with Crippen molar-refractivity contribution in [3.8, 4) is 16.8 Å². The Labute approximate surface area is 183 Å². The number of nitrogens with zero attached hydrogens (tertiary/aromatic N) is 3. The van der Waals surface area contributed by atoms with Crippen LogP contribution >= 0.6 is 0 Å². The fourth-order valence-electron chi connectivity index (χ4n) is 3.92. The highest BCUT2D eigenvalue weighted by Gasteiger charge is 2.14. The molecule has 1 fully saturated rings. The minimum absolute atomic E-state index is 0.108. The average Bonchev–Trinajstić information content (AvgIpc) is 3.08. The van der Waals surface area contributed by atoms with Gasteiger partial charge in [0.1, 0.15) is 0 Å². The highest BCUT2D eigenvalue weighted by atomic mass is 16.5. The normalized spacial score (nSPS) is 14.8. The van der Waals surface area contributed by atoms with Gasteiger partial charge in [-0.25, -0.2) is 5.43 Å². The van der Waals surface area contributed by atoms with Gasteiger partial charge in [0.15, 0.2) is 0 Å². The summed E-state index contributed by atoms with van der Waals surface area (Å²) in [7, 11) is 0. The van der Waals surface area contributed by atoms with E-state index >= 15 is 0 Å². The van der Waals surface area contributed by atoms with Gasteiger partial charge in [-0.15, -0.1) is 0 Å². The SMILES string of the molecule is Cc1cc(/C=N/NC(=O)CN2CCOCC2)c(C)n1-c1ccc(-c2ccccc2)cc1. The number of rotatable bonds is 6. The molecule has 6 heteroatoms. The molecule has 0 saturated carbocycles. The Kier molecular flexibility index (Phi) is 6.60.